The minimum Gasteiger partial charge on any atom is -0.305 e. The van der Waals surface area contributed by atoms with Gasteiger partial charge in [-0.2, -0.15) is 0 Å². The van der Waals surface area contributed by atoms with E-state index in [1.54, 1.807) is 4.88 Å². The van der Waals surface area contributed by atoms with Crippen LogP contribution < -0.4 is 5.32 Å². The molecule has 2 fully saturated rings. The van der Waals surface area contributed by atoms with Gasteiger partial charge < -0.3 is 5.32 Å². The van der Waals surface area contributed by atoms with E-state index < -0.39 is 0 Å². The van der Waals surface area contributed by atoms with E-state index in [9.17, 15) is 0 Å². The number of aromatic nitrogens is 1. The Labute approximate surface area is 120 Å². The lowest BCUT2D eigenvalue weighted by atomic mass is 9.81. The summed E-state index contributed by atoms with van der Waals surface area (Å²) in [5, 5.41) is 5.30. The molecule has 0 saturated heterocycles. The van der Waals surface area contributed by atoms with Crippen LogP contribution in [0.1, 0.15) is 61.0 Å². The first kappa shape index (κ1) is 12.3. The van der Waals surface area contributed by atoms with Crippen LogP contribution in [0.3, 0.4) is 0 Å². The lowest BCUT2D eigenvalue weighted by molar-refractivity contribution is 0.213. The highest BCUT2D eigenvalue weighted by molar-refractivity contribution is 7.11. The number of nitrogens with zero attached hydrogens (tertiary/aromatic N) is 1. The fourth-order valence-corrected chi connectivity index (χ4v) is 6.15. The number of nitrogens with one attached hydrogen (secondary N) is 1. The van der Waals surface area contributed by atoms with Gasteiger partial charge in [-0.15, -0.1) is 11.3 Å². The van der Waals surface area contributed by atoms with Gasteiger partial charge in [0.25, 0.3) is 0 Å². The number of rotatable bonds is 3. The van der Waals surface area contributed by atoms with Crippen LogP contribution >= 0.6 is 11.3 Å². The molecule has 2 saturated carbocycles. The van der Waals surface area contributed by atoms with E-state index in [-0.39, 0.29) is 5.54 Å². The van der Waals surface area contributed by atoms with Gasteiger partial charge in [0.15, 0.2) is 0 Å². The highest BCUT2D eigenvalue weighted by Crippen LogP contribution is 2.56. The summed E-state index contributed by atoms with van der Waals surface area (Å²) < 4.78 is 0. The summed E-state index contributed by atoms with van der Waals surface area (Å²) in [6, 6.07) is 0. The van der Waals surface area contributed by atoms with Crippen molar-refractivity contribution >= 4 is 11.3 Å². The molecular weight excluding hydrogens is 252 g/mol. The third-order valence-corrected chi connectivity index (χ3v) is 6.90. The summed E-state index contributed by atoms with van der Waals surface area (Å²) in [4.78, 5) is 6.70. The molecule has 0 aromatic carbocycles. The predicted molar refractivity (Wildman–Crippen MR) is 79.6 cm³/mol. The van der Waals surface area contributed by atoms with E-state index >= 15 is 0 Å². The van der Waals surface area contributed by atoms with Crippen molar-refractivity contribution in [2.45, 2.75) is 63.8 Å². The second-order valence-corrected chi connectivity index (χ2v) is 7.76. The van der Waals surface area contributed by atoms with Gasteiger partial charge >= 0.3 is 0 Å². The van der Waals surface area contributed by atoms with Gasteiger partial charge in [0, 0.05) is 4.88 Å². The molecule has 0 amide bonds. The summed E-state index contributed by atoms with van der Waals surface area (Å²) in [5.41, 5.74) is 1.69. The van der Waals surface area contributed by atoms with Gasteiger partial charge in [-0.1, -0.05) is 13.3 Å². The van der Waals surface area contributed by atoms with Gasteiger partial charge in [0.2, 0.25) is 0 Å². The molecular formula is C16H24N2S. The molecule has 3 heteroatoms. The van der Waals surface area contributed by atoms with Crippen molar-refractivity contribution in [3.8, 4) is 0 Å². The summed E-state index contributed by atoms with van der Waals surface area (Å²) in [6.07, 6.45) is 10.9. The van der Waals surface area contributed by atoms with Crippen LogP contribution in [0.15, 0.2) is 0 Å². The van der Waals surface area contributed by atoms with Crippen LogP contribution in [0.4, 0.5) is 0 Å². The van der Waals surface area contributed by atoms with Crippen molar-refractivity contribution < 1.29 is 0 Å². The highest BCUT2D eigenvalue weighted by atomic mass is 32.1. The normalized spacial score (nSPS) is 36.7. The molecule has 104 valence electrons. The molecule has 3 unspecified atom stereocenters. The molecule has 0 spiro atoms. The Hall–Kier alpha value is -0.410. The molecule has 0 aliphatic heterocycles. The van der Waals surface area contributed by atoms with Gasteiger partial charge in [0.05, 0.1) is 11.2 Å². The Morgan fingerprint density at radius 3 is 2.89 bits per heavy atom. The maximum Gasteiger partial charge on any atom is 0.114 e. The molecule has 3 aliphatic carbocycles. The number of thiazole rings is 1. The number of hydrogen-bond donors (Lipinski definition) is 1. The molecule has 0 radical (unpaired) electrons. The number of aryl methyl sites for hydroxylation is 2. The fourth-order valence-electron chi connectivity index (χ4n) is 4.74. The minimum absolute atomic E-state index is 0.250. The molecule has 2 nitrogen and oxygen atoms in total. The van der Waals surface area contributed by atoms with Crippen LogP contribution in [-0.4, -0.2) is 11.5 Å². The van der Waals surface area contributed by atoms with E-state index in [1.807, 2.05) is 11.3 Å². The molecule has 1 aromatic rings. The molecule has 1 N–H and O–H groups in total. The Balaban J connectivity index is 1.73. The van der Waals surface area contributed by atoms with Crippen LogP contribution in [-0.2, 0) is 18.4 Å². The molecule has 1 aromatic heterocycles. The van der Waals surface area contributed by atoms with Crippen LogP contribution in [0, 0.1) is 11.8 Å². The van der Waals surface area contributed by atoms with E-state index in [4.69, 9.17) is 4.98 Å². The summed E-state index contributed by atoms with van der Waals surface area (Å²) in [7, 11) is 0. The largest absolute Gasteiger partial charge is 0.305 e. The van der Waals surface area contributed by atoms with Crippen LogP contribution in [0.25, 0.3) is 0 Å². The molecule has 2 bridgehead atoms. The zero-order valence-corrected chi connectivity index (χ0v) is 12.7. The van der Waals surface area contributed by atoms with E-state index in [2.05, 4.69) is 12.2 Å². The van der Waals surface area contributed by atoms with Gasteiger partial charge in [0.1, 0.15) is 5.01 Å². The minimum atomic E-state index is 0.250. The molecule has 3 atom stereocenters. The van der Waals surface area contributed by atoms with Crippen molar-refractivity contribution in [2.24, 2.45) is 11.8 Å². The quantitative estimate of drug-likeness (QED) is 0.911. The Bertz CT molecular complexity index is 458. The SMILES string of the molecule is CCNC1(c2nc3c(s2)CCCC3)CC2CCC1C2. The maximum absolute atomic E-state index is 5.10. The fraction of sp³-hybridized carbons (Fsp3) is 0.812. The van der Waals surface area contributed by atoms with Gasteiger partial charge in [-0.05, 0) is 63.3 Å². The first-order valence-corrected chi connectivity index (χ1v) is 8.87. The van der Waals surface area contributed by atoms with Crippen molar-refractivity contribution in [1.29, 1.82) is 0 Å². The lowest BCUT2D eigenvalue weighted by Gasteiger charge is -2.37. The molecule has 1 heterocycles. The predicted octanol–water partition coefficient (Wildman–Crippen LogP) is 3.65. The van der Waals surface area contributed by atoms with Crippen molar-refractivity contribution in [3.05, 3.63) is 15.6 Å². The summed E-state index contributed by atoms with van der Waals surface area (Å²) in [5.74, 6) is 1.81. The number of fused-ring (bicyclic) bond motifs is 3. The van der Waals surface area contributed by atoms with Crippen molar-refractivity contribution in [3.63, 3.8) is 0 Å². The first-order valence-electron chi connectivity index (χ1n) is 8.06. The third kappa shape index (κ3) is 1.81. The second-order valence-electron chi connectivity index (χ2n) is 6.68. The third-order valence-electron chi connectivity index (χ3n) is 5.57. The smallest absolute Gasteiger partial charge is 0.114 e. The van der Waals surface area contributed by atoms with Crippen LogP contribution in [0.2, 0.25) is 0 Å². The van der Waals surface area contributed by atoms with Crippen LogP contribution in [0.5, 0.6) is 0 Å². The monoisotopic (exact) mass is 276 g/mol. The lowest BCUT2D eigenvalue weighted by Crippen LogP contribution is -2.46. The van der Waals surface area contributed by atoms with E-state index in [1.165, 1.54) is 62.1 Å². The van der Waals surface area contributed by atoms with E-state index in [0.29, 0.717) is 0 Å². The van der Waals surface area contributed by atoms with Gasteiger partial charge in [-0.25, -0.2) is 4.98 Å². The second kappa shape index (κ2) is 4.56. The number of hydrogen-bond acceptors (Lipinski definition) is 3. The molecule has 3 aliphatic rings. The zero-order valence-electron chi connectivity index (χ0n) is 11.9. The van der Waals surface area contributed by atoms with E-state index in [0.717, 1.165) is 18.4 Å². The topological polar surface area (TPSA) is 24.9 Å². The summed E-state index contributed by atoms with van der Waals surface area (Å²) in [6.45, 7) is 3.33. The Morgan fingerprint density at radius 2 is 2.21 bits per heavy atom. The van der Waals surface area contributed by atoms with Crippen molar-refractivity contribution in [1.82, 2.24) is 10.3 Å². The molecule has 4 rings (SSSR count). The first-order chi connectivity index (χ1) is 9.32. The summed E-state index contributed by atoms with van der Waals surface area (Å²) >= 11 is 2.04. The average molecular weight is 276 g/mol. The zero-order chi connectivity index (χ0) is 12.9. The Morgan fingerprint density at radius 1 is 1.32 bits per heavy atom. The average Bonchev–Trinajstić information content (AvgIpc) is 3.12. The van der Waals surface area contributed by atoms with Gasteiger partial charge in [-0.3, -0.25) is 0 Å². The standard InChI is InChI=1S/C16H24N2S/c1-2-17-16(10-11-7-8-12(16)9-11)15-18-13-5-3-4-6-14(13)19-15/h11-12,17H,2-10H2,1H3. The van der Waals surface area contributed by atoms with Crippen molar-refractivity contribution in [2.75, 3.05) is 6.54 Å². The highest BCUT2D eigenvalue weighted by Gasteiger charge is 2.53. The Kier molecular flexibility index (Phi) is 2.96. The maximum atomic E-state index is 5.10. The molecule has 19 heavy (non-hydrogen) atoms.